The number of ether oxygens (including phenoxy) is 1. The van der Waals surface area contributed by atoms with Crippen LogP contribution in [0.3, 0.4) is 0 Å². The first kappa shape index (κ1) is 19.5. The monoisotopic (exact) mass is 435 g/mol. The molecular formula is C23H26FN7O. The molecule has 0 saturated carbocycles. The zero-order valence-corrected chi connectivity index (χ0v) is 18.7. The van der Waals surface area contributed by atoms with Gasteiger partial charge in [-0.2, -0.15) is 5.10 Å². The summed E-state index contributed by atoms with van der Waals surface area (Å²) in [5.74, 6) is 0.924. The van der Waals surface area contributed by atoms with Gasteiger partial charge in [0, 0.05) is 48.7 Å². The fraction of sp³-hybridized carbons (Fsp3) is 0.435. The van der Waals surface area contributed by atoms with E-state index in [2.05, 4.69) is 50.7 Å². The first-order chi connectivity index (χ1) is 15.4. The lowest BCUT2D eigenvalue weighted by molar-refractivity contribution is -0.00311. The molecule has 2 aliphatic rings. The van der Waals surface area contributed by atoms with Gasteiger partial charge in [-0.05, 0) is 24.6 Å². The zero-order valence-electron chi connectivity index (χ0n) is 18.7. The summed E-state index contributed by atoms with van der Waals surface area (Å²) >= 11 is 0. The standard InChI is InChI=1S/C23H26FN7O/c1-13(2)17-18-15(6-25-22(19(18)24)30-10-23(11-30)8-29(3)9-23)28-20(17)14-5-16(32-4)21-26-12-27-31(21)7-14/h5-7,12-13,28H,8-11H2,1-4H3. The molecule has 4 aromatic rings. The average Bonchev–Trinajstić information content (AvgIpc) is 3.34. The molecule has 0 aliphatic carbocycles. The molecule has 2 fully saturated rings. The van der Waals surface area contributed by atoms with Crippen LogP contribution in [0.1, 0.15) is 25.3 Å². The number of aromatic nitrogens is 5. The third kappa shape index (κ3) is 2.67. The molecule has 0 bridgehead atoms. The summed E-state index contributed by atoms with van der Waals surface area (Å²) in [5, 5.41) is 4.88. The molecule has 4 aromatic heterocycles. The Morgan fingerprint density at radius 1 is 1.19 bits per heavy atom. The molecule has 0 radical (unpaired) electrons. The molecule has 9 heteroatoms. The summed E-state index contributed by atoms with van der Waals surface area (Å²) in [6.07, 6.45) is 5.14. The van der Waals surface area contributed by atoms with Crippen LogP contribution in [0.15, 0.2) is 24.8 Å². The number of nitrogens with one attached hydrogen (secondary N) is 1. The Hall–Kier alpha value is -3.20. The fourth-order valence-corrected chi connectivity index (χ4v) is 5.58. The van der Waals surface area contributed by atoms with E-state index in [4.69, 9.17) is 4.74 Å². The van der Waals surface area contributed by atoms with Crippen molar-refractivity contribution < 1.29 is 9.13 Å². The highest BCUT2D eigenvalue weighted by molar-refractivity contribution is 5.93. The largest absolute Gasteiger partial charge is 0.493 e. The maximum atomic E-state index is 15.9. The summed E-state index contributed by atoms with van der Waals surface area (Å²) in [4.78, 5) is 16.6. The minimum absolute atomic E-state index is 0.101. The van der Waals surface area contributed by atoms with Crippen molar-refractivity contribution >= 4 is 22.4 Å². The molecular weight excluding hydrogens is 409 g/mol. The second-order valence-electron chi connectivity index (χ2n) is 9.61. The summed E-state index contributed by atoms with van der Waals surface area (Å²) < 4.78 is 23.1. The van der Waals surface area contributed by atoms with Crippen LogP contribution in [-0.4, -0.2) is 69.8 Å². The van der Waals surface area contributed by atoms with Gasteiger partial charge in [-0.1, -0.05) is 13.8 Å². The van der Waals surface area contributed by atoms with Crippen molar-refractivity contribution in [2.75, 3.05) is 45.2 Å². The van der Waals surface area contributed by atoms with E-state index in [1.54, 1.807) is 17.8 Å². The SMILES string of the molecule is COc1cc(-c2[nH]c3cnc(N4CC5(CN(C)C5)C4)c(F)c3c2C(C)C)cn2ncnc12. The average molecular weight is 436 g/mol. The van der Waals surface area contributed by atoms with Gasteiger partial charge in [-0.3, -0.25) is 0 Å². The van der Waals surface area contributed by atoms with E-state index in [0.717, 1.165) is 43.0 Å². The molecule has 0 atom stereocenters. The van der Waals surface area contributed by atoms with E-state index in [0.29, 0.717) is 33.5 Å². The van der Waals surface area contributed by atoms with E-state index < -0.39 is 0 Å². The molecule has 2 saturated heterocycles. The first-order valence-corrected chi connectivity index (χ1v) is 10.9. The van der Waals surface area contributed by atoms with Crippen molar-refractivity contribution in [3.8, 4) is 17.0 Å². The summed E-state index contributed by atoms with van der Waals surface area (Å²) in [6, 6.07) is 1.92. The Morgan fingerprint density at radius 2 is 1.97 bits per heavy atom. The number of likely N-dealkylation sites (tertiary alicyclic amines) is 1. The maximum Gasteiger partial charge on any atom is 0.197 e. The van der Waals surface area contributed by atoms with Crippen molar-refractivity contribution in [3.05, 3.63) is 36.2 Å². The van der Waals surface area contributed by atoms with Gasteiger partial charge in [0.2, 0.25) is 0 Å². The number of hydrogen-bond acceptors (Lipinski definition) is 6. The second kappa shape index (κ2) is 6.65. The van der Waals surface area contributed by atoms with Gasteiger partial charge in [0.1, 0.15) is 6.33 Å². The molecule has 166 valence electrons. The summed E-state index contributed by atoms with van der Waals surface area (Å²) in [6.45, 7) is 8.04. The number of hydrogen-bond donors (Lipinski definition) is 1. The van der Waals surface area contributed by atoms with E-state index in [1.165, 1.54) is 6.33 Å². The number of anilines is 1. The van der Waals surface area contributed by atoms with Crippen molar-refractivity contribution in [2.45, 2.75) is 19.8 Å². The van der Waals surface area contributed by atoms with Crippen molar-refractivity contribution in [2.24, 2.45) is 5.41 Å². The maximum absolute atomic E-state index is 15.9. The summed E-state index contributed by atoms with van der Waals surface area (Å²) in [7, 11) is 3.73. The normalized spacial score (nSPS) is 18.0. The highest BCUT2D eigenvalue weighted by Gasteiger charge is 2.51. The third-order valence-corrected chi connectivity index (χ3v) is 6.79. The number of H-pyrrole nitrogens is 1. The molecule has 32 heavy (non-hydrogen) atoms. The van der Waals surface area contributed by atoms with Crippen LogP contribution in [0.2, 0.25) is 0 Å². The van der Waals surface area contributed by atoms with Crippen LogP contribution in [0.4, 0.5) is 10.2 Å². The second-order valence-corrected chi connectivity index (χ2v) is 9.61. The molecule has 6 heterocycles. The first-order valence-electron chi connectivity index (χ1n) is 10.9. The highest BCUT2D eigenvalue weighted by Crippen LogP contribution is 2.44. The number of aromatic amines is 1. The van der Waals surface area contributed by atoms with Gasteiger partial charge in [0.25, 0.3) is 0 Å². The molecule has 0 unspecified atom stereocenters. The summed E-state index contributed by atoms with van der Waals surface area (Å²) in [5.41, 5.74) is 4.29. The van der Waals surface area contributed by atoms with Crippen molar-refractivity contribution in [1.82, 2.24) is 29.5 Å². The van der Waals surface area contributed by atoms with Crippen molar-refractivity contribution in [1.29, 1.82) is 0 Å². The lowest BCUT2D eigenvalue weighted by Gasteiger charge is -2.59. The number of rotatable bonds is 4. The molecule has 8 nitrogen and oxygen atoms in total. The highest BCUT2D eigenvalue weighted by atomic mass is 19.1. The quantitative estimate of drug-likeness (QED) is 0.530. The smallest absolute Gasteiger partial charge is 0.197 e. The Labute approximate surface area is 185 Å². The Morgan fingerprint density at radius 3 is 2.66 bits per heavy atom. The molecule has 1 N–H and O–H groups in total. The number of methoxy groups -OCH3 is 1. The van der Waals surface area contributed by atoms with Crippen molar-refractivity contribution in [3.63, 3.8) is 0 Å². The molecule has 0 aromatic carbocycles. The number of halogens is 1. The lowest BCUT2D eigenvalue weighted by Crippen LogP contribution is -2.71. The Balaban J connectivity index is 1.47. The van der Waals surface area contributed by atoms with E-state index in [-0.39, 0.29) is 11.7 Å². The fourth-order valence-electron chi connectivity index (χ4n) is 5.58. The molecule has 0 amide bonds. The number of pyridine rings is 2. The predicted molar refractivity (Wildman–Crippen MR) is 121 cm³/mol. The Kier molecular flexibility index (Phi) is 4.05. The molecule has 2 aliphatic heterocycles. The third-order valence-electron chi connectivity index (χ3n) is 6.79. The van der Waals surface area contributed by atoms with Gasteiger partial charge in [0.15, 0.2) is 23.0 Å². The van der Waals surface area contributed by atoms with E-state index >= 15 is 4.39 Å². The van der Waals surface area contributed by atoms with E-state index in [9.17, 15) is 0 Å². The van der Waals surface area contributed by atoms with Gasteiger partial charge < -0.3 is 19.5 Å². The van der Waals surface area contributed by atoms with Gasteiger partial charge in [0.05, 0.1) is 24.5 Å². The van der Waals surface area contributed by atoms with Gasteiger partial charge in [-0.15, -0.1) is 0 Å². The van der Waals surface area contributed by atoms with Crippen LogP contribution >= 0.6 is 0 Å². The van der Waals surface area contributed by atoms with Gasteiger partial charge >= 0.3 is 0 Å². The number of fused-ring (bicyclic) bond motifs is 2. The lowest BCUT2D eigenvalue weighted by atomic mass is 9.73. The number of nitrogens with zero attached hydrogens (tertiary/aromatic N) is 6. The van der Waals surface area contributed by atoms with Crippen LogP contribution in [0.25, 0.3) is 27.8 Å². The van der Waals surface area contributed by atoms with Crippen LogP contribution in [-0.2, 0) is 0 Å². The van der Waals surface area contributed by atoms with E-state index in [1.807, 2.05) is 12.3 Å². The minimum Gasteiger partial charge on any atom is -0.493 e. The van der Waals surface area contributed by atoms with Gasteiger partial charge in [-0.25, -0.2) is 18.9 Å². The van der Waals surface area contributed by atoms with Crippen LogP contribution in [0.5, 0.6) is 5.75 Å². The topological polar surface area (TPSA) is 74.6 Å². The van der Waals surface area contributed by atoms with Crippen LogP contribution < -0.4 is 9.64 Å². The Bertz CT molecular complexity index is 1340. The predicted octanol–water partition coefficient (Wildman–Crippen LogP) is 3.30. The molecule has 6 rings (SSSR count). The zero-order chi connectivity index (χ0) is 22.2. The molecule has 1 spiro atoms. The minimum atomic E-state index is -0.245. The van der Waals surface area contributed by atoms with Crippen LogP contribution in [0, 0.1) is 11.2 Å².